The highest BCUT2D eigenvalue weighted by Gasteiger charge is 2.05. The van der Waals surface area contributed by atoms with Crippen molar-refractivity contribution in [1.29, 1.82) is 0 Å². The highest BCUT2D eigenvalue weighted by atomic mass is 16.1. The van der Waals surface area contributed by atoms with Gasteiger partial charge in [0.2, 0.25) is 5.91 Å². The molecule has 0 aliphatic heterocycles. The molecule has 0 aliphatic rings. The number of fused-ring (bicyclic) bond motifs is 1. The molecule has 1 aromatic heterocycles. The van der Waals surface area contributed by atoms with Gasteiger partial charge in [-0.25, -0.2) is 4.98 Å². The van der Waals surface area contributed by atoms with Crippen molar-refractivity contribution in [2.45, 2.75) is 6.92 Å². The van der Waals surface area contributed by atoms with Crippen LogP contribution in [0, 0.1) is 6.92 Å². The van der Waals surface area contributed by atoms with E-state index in [9.17, 15) is 4.79 Å². The van der Waals surface area contributed by atoms with Crippen LogP contribution in [0.3, 0.4) is 0 Å². The maximum absolute atomic E-state index is 12.1. The first-order valence-electron chi connectivity index (χ1n) is 8.78. The summed E-state index contributed by atoms with van der Waals surface area (Å²) in [5.74, 6) is 0.653. The molecule has 2 N–H and O–H groups in total. The molecule has 132 valence electrons. The Morgan fingerprint density at radius 3 is 2.44 bits per heavy atom. The van der Waals surface area contributed by atoms with Crippen molar-refractivity contribution >= 4 is 28.7 Å². The Hall–Kier alpha value is -3.66. The smallest absolute Gasteiger partial charge is 0.248 e. The molecule has 0 spiro atoms. The Morgan fingerprint density at radius 2 is 1.70 bits per heavy atom. The van der Waals surface area contributed by atoms with Crippen LogP contribution < -0.4 is 5.32 Å². The molecule has 27 heavy (non-hydrogen) atoms. The molecule has 0 aliphatic carbocycles. The number of amides is 1. The van der Waals surface area contributed by atoms with Crippen LogP contribution in [0.1, 0.15) is 11.1 Å². The Balaban J connectivity index is 1.44. The van der Waals surface area contributed by atoms with Gasteiger partial charge >= 0.3 is 0 Å². The van der Waals surface area contributed by atoms with Crippen LogP contribution in [-0.2, 0) is 4.79 Å². The molecule has 1 heterocycles. The second-order valence-electron chi connectivity index (χ2n) is 6.41. The van der Waals surface area contributed by atoms with E-state index in [1.54, 1.807) is 6.08 Å². The zero-order valence-corrected chi connectivity index (χ0v) is 14.9. The van der Waals surface area contributed by atoms with Gasteiger partial charge in [0.1, 0.15) is 5.82 Å². The number of carbonyl (C=O) groups excluding carboxylic acids is 1. The number of para-hydroxylation sites is 2. The fourth-order valence-corrected chi connectivity index (χ4v) is 2.83. The molecular formula is C23H19N3O. The molecule has 0 atom stereocenters. The van der Waals surface area contributed by atoms with E-state index in [0.29, 0.717) is 0 Å². The van der Waals surface area contributed by atoms with E-state index < -0.39 is 0 Å². The van der Waals surface area contributed by atoms with E-state index in [1.165, 1.54) is 11.6 Å². The Morgan fingerprint density at radius 1 is 0.963 bits per heavy atom. The SMILES string of the molecule is Cc1ccc(/C=C/C(=O)Nc2ccc(-c3nc4ccccc4[nH]3)cc2)cc1. The summed E-state index contributed by atoms with van der Waals surface area (Å²) in [6.45, 7) is 2.04. The molecule has 3 aromatic carbocycles. The maximum atomic E-state index is 12.1. The van der Waals surface area contributed by atoms with Gasteiger partial charge in [0.05, 0.1) is 11.0 Å². The van der Waals surface area contributed by atoms with E-state index in [2.05, 4.69) is 15.3 Å². The number of H-pyrrole nitrogens is 1. The molecule has 0 saturated carbocycles. The molecule has 4 nitrogen and oxygen atoms in total. The number of carbonyl (C=O) groups is 1. The van der Waals surface area contributed by atoms with Crippen molar-refractivity contribution in [2.24, 2.45) is 0 Å². The average molecular weight is 353 g/mol. The Bertz CT molecular complexity index is 1070. The number of nitrogens with one attached hydrogen (secondary N) is 2. The number of hydrogen-bond acceptors (Lipinski definition) is 2. The maximum Gasteiger partial charge on any atom is 0.248 e. The highest BCUT2D eigenvalue weighted by Crippen LogP contribution is 2.22. The number of aromatic nitrogens is 2. The third kappa shape index (κ3) is 3.96. The van der Waals surface area contributed by atoms with E-state index in [0.717, 1.165) is 33.7 Å². The zero-order chi connectivity index (χ0) is 18.6. The monoisotopic (exact) mass is 353 g/mol. The van der Waals surface area contributed by atoms with Gasteiger partial charge in [0.15, 0.2) is 0 Å². The molecule has 1 amide bonds. The molecule has 0 fully saturated rings. The molecule has 4 aromatic rings. The number of aromatic amines is 1. The molecule has 0 radical (unpaired) electrons. The van der Waals surface area contributed by atoms with Crippen molar-refractivity contribution in [2.75, 3.05) is 5.32 Å². The number of benzene rings is 3. The molecule has 0 saturated heterocycles. The van der Waals surface area contributed by atoms with Gasteiger partial charge < -0.3 is 10.3 Å². The van der Waals surface area contributed by atoms with Crippen LogP contribution in [0.2, 0.25) is 0 Å². The number of nitrogens with zero attached hydrogens (tertiary/aromatic N) is 1. The number of hydrogen-bond donors (Lipinski definition) is 2. The number of rotatable bonds is 4. The first kappa shape index (κ1) is 16.8. The van der Waals surface area contributed by atoms with Crippen LogP contribution in [0.25, 0.3) is 28.5 Å². The van der Waals surface area contributed by atoms with Crippen molar-refractivity contribution in [3.8, 4) is 11.4 Å². The second kappa shape index (κ2) is 7.30. The normalized spacial score (nSPS) is 11.1. The summed E-state index contributed by atoms with van der Waals surface area (Å²) in [5, 5.41) is 2.87. The lowest BCUT2D eigenvalue weighted by Crippen LogP contribution is -2.07. The summed E-state index contributed by atoms with van der Waals surface area (Å²) in [5.41, 5.74) is 5.85. The highest BCUT2D eigenvalue weighted by molar-refractivity contribution is 6.02. The van der Waals surface area contributed by atoms with E-state index in [1.807, 2.05) is 79.7 Å². The standard InChI is InChI=1S/C23H19N3O/c1-16-6-8-17(9-7-16)10-15-22(27)24-19-13-11-18(12-14-19)23-25-20-4-2-3-5-21(20)26-23/h2-15H,1H3,(H,24,27)(H,25,26)/b15-10+. The van der Waals surface area contributed by atoms with Crippen LogP contribution >= 0.6 is 0 Å². The minimum atomic E-state index is -0.160. The minimum absolute atomic E-state index is 0.160. The van der Waals surface area contributed by atoms with Gasteiger partial charge in [0, 0.05) is 17.3 Å². The predicted octanol–water partition coefficient (Wildman–Crippen LogP) is 5.19. The summed E-state index contributed by atoms with van der Waals surface area (Å²) in [6.07, 6.45) is 3.34. The van der Waals surface area contributed by atoms with Gasteiger partial charge in [-0.05, 0) is 55.0 Å². The van der Waals surface area contributed by atoms with Crippen LogP contribution in [0.5, 0.6) is 0 Å². The third-order valence-corrected chi connectivity index (χ3v) is 4.32. The number of anilines is 1. The van der Waals surface area contributed by atoms with Crippen molar-refractivity contribution in [1.82, 2.24) is 9.97 Å². The molecular weight excluding hydrogens is 334 g/mol. The van der Waals surface area contributed by atoms with Gasteiger partial charge in [-0.3, -0.25) is 4.79 Å². The lowest BCUT2D eigenvalue weighted by Gasteiger charge is -2.03. The van der Waals surface area contributed by atoms with Crippen LogP contribution in [0.15, 0.2) is 78.9 Å². The third-order valence-electron chi connectivity index (χ3n) is 4.32. The average Bonchev–Trinajstić information content (AvgIpc) is 3.12. The van der Waals surface area contributed by atoms with E-state index in [4.69, 9.17) is 0 Å². The van der Waals surface area contributed by atoms with Crippen LogP contribution in [0.4, 0.5) is 5.69 Å². The zero-order valence-electron chi connectivity index (χ0n) is 14.9. The van der Waals surface area contributed by atoms with Gasteiger partial charge in [-0.2, -0.15) is 0 Å². The van der Waals surface area contributed by atoms with Crippen molar-refractivity contribution in [3.05, 3.63) is 90.0 Å². The van der Waals surface area contributed by atoms with Crippen molar-refractivity contribution < 1.29 is 4.79 Å². The number of aryl methyl sites for hydroxylation is 1. The molecule has 4 heteroatoms. The fraction of sp³-hybridized carbons (Fsp3) is 0.0435. The summed E-state index contributed by atoms with van der Waals surface area (Å²) in [4.78, 5) is 20.0. The summed E-state index contributed by atoms with van der Waals surface area (Å²) < 4.78 is 0. The quantitative estimate of drug-likeness (QED) is 0.496. The van der Waals surface area contributed by atoms with Crippen LogP contribution in [-0.4, -0.2) is 15.9 Å². The van der Waals surface area contributed by atoms with Gasteiger partial charge in [0.25, 0.3) is 0 Å². The van der Waals surface area contributed by atoms with E-state index in [-0.39, 0.29) is 5.91 Å². The Kier molecular flexibility index (Phi) is 4.54. The summed E-state index contributed by atoms with van der Waals surface area (Å²) >= 11 is 0. The fourth-order valence-electron chi connectivity index (χ4n) is 2.83. The molecule has 0 unspecified atom stereocenters. The predicted molar refractivity (Wildman–Crippen MR) is 110 cm³/mol. The minimum Gasteiger partial charge on any atom is -0.338 e. The number of imidazole rings is 1. The first-order valence-corrected chi connectivity index (χ1v) is 8.78. The molecule has 0 bridgehead atoms. The van der Waals surface area contributed by atoms with Gasteiger partial charge in [-0.15, -0.1) is 0 Å². The topological polar surface area (TPSA) is 57.8 Å². The van der Waals surface area contributed by atoms with E-state index >= 15 is 0 Å². The Labute approximate surface area is 157 Å². The van der Waals surface area contributed by atoms with Gasteiger partial charge in [-0.1, -0.05) is 42.0 Å². The van der Waals surface area contributed by atoms with Crippen molar-refractivity contribution in [3.63, 3.8) is 0 Å². The molecule has 4 rings (SSSR count). The summed E-state index contributed by atoms with van der Waals surface area (Å²) in [6, 6.07) is 23.6. The second-order valence-corrected chi connectivity index (χ2v) is 6.41. The lowest BCUT2D eigenvalue weighted by molar-refractivity contribution is -0.111. The lowest BCUT2D eigenvalue weighted by atomic mass is 10.1. The first-order chi connectivity index (χ1) is 13.2. The summed E-state index contributed by atoms with van der Waals surface area (Å²) in [7, 11) is 0. The largest absolute Gasteiger partial charge is 0.338 e.